The molecule has 0 atom stereocenters. The van der Waals surface area contributed by atoms with Crippen molar-refractivity contribution < 1.29 is 27.4 Å². The van der Waals surface area contributed by atoms with Crippen LogP contribution in [-0.4, -0.2) is 40.2 Å². The lowest BCUT2D eigenvalue weighted by Gasteiger charge is -2.22. The Bertz CT molecular complexity index is 691. The van der Waals surface area contributed by atoms with Gasteiger partial charge in [-0.15, -0.1) is 0 Å². The van der Waals surface area contributed by atoms with Crippen LogP contribution in [0.4, 0.5) is 0 Å². The van der Waals surface area contributed by atoms with Gasteiger partial charge in [-0.3, -0.25) is 0 Å². The summed E-state index contributed by atoms with van der Waals surface area (Å²) in [5.74, 6) is -0.360. The second kappa shape index (κ2) is 7.85. The van der Waals surface area contributed by atoms with Crippen molar-refractivity contribution in [2.24, 2.45) is 0 Å². The summed E-state index contributed by atoms with van der Waals surface area (Å²) in [6.45, 7) is 9.06. The molecule has 0 bridgehead atoms. The molecule has 1 aromatic rings. The number of hydrogen-bond acceptors (Lipinski definition) is 6. The van der Waals surface area contributed by atoms with Crippen molar-refractivity contribution in [2.75, 3.05) is 20.3 Å². The van der Waals surface area contributed by atoms with Gasteiger partial charge in [-0.2, -0.15) is 0 Å². The minimum Gasteiger partial charge on any atom is -0.495 e. The molecule has 7 nitrogen and oxygen atoms in total. The molecule has 0 fully saturated rings. The molecule has 0 spiro atoms. The van der Waals surface area contributed by atoms with E-state index in [1.807, 2.05) is 0 Å². The predicted molar refractivity (Wildman–Crippen MR) is 90.2 cm³/mol. The summed E-state index contributed by atoms with van der Waals surface area (Å²) in [7, 11) is -2.55. The van der Waals surface area contributed by atoms with Gasteiger partial charge in [0.2, 0.25) is 10.0 Å². The molecular formula is C16H25NO6S. The molecule has 8 heteroatoms. The van der Waals surface area contributed by atoms with Crippen LogP contribution in [0.15, 0.2) is 17.0 Å². The summed E-state index contributed by atoms with van der Waals surface area (Å²) < 4.78 is 43.4. The second-order valence-electron chi connectivity index (χ2n) is 6.01. The van der Waals surface area contributed by atoms with Crippen molar-refractivity contribution in [3.05, 3.63) is 17.7 Å². The molecule has 0 radical (unpaired) electrons. The summed E-state index contributed by atoms with van der Waals surface area (Å²) in [5, 5.41) is 0. The molecule has 0 saturated carbocycles. The van der Waals surface area contributed by atoms with E-state index in [2.05, 4.69) is 4.72 Å². The molecule has 136 valence electrons. The number of benzene rings is 1. The van der Waals surface area contributed by atoms with E-state index < -0.39 is 21.5 Å². The monoisotopic (exact) mass is 359 g/mol. The van der Waals surface area contributed by atoms with E-state index in [0.29, 0.717) is 6.61 Å². The lowest BCUT2D eigenvalue weighted by molar-refractivity contribution is 0.0521. The third-order valence-electron chi connectivity index (χ3n) is 2.79. The van der Waals surface area contributed by atoms with Gasteiger partial charge in [0.05, 0.1) is 20.3 Å². The Hall–Kier alpha value is -1.80. The maximum atomic E-state index is 12.6. The highest BCUT2D eigenvalue weighted by Crippen LogP contribution is 2.33. The van der Waals surface area contributed by atoms with Crippen LogP contribution in [0.2, 0.25) is 0 Å². The minimum absolute atomic E-state index is 0.0359. The molecule has 0 aliphatic carbocycles. The van der Waals surface area contributed by atoms with Crippen molar-refractivity contribution in [2.45, 2.75) is 45.1 Å². The van der Waals surface area contributed by atoms with Crippen LogP contribution in [0, 0.1) is 0 Å². The van der Waals surface area contributed by atoms with E-state index in [1.165, 1.54) is 19.2 Å². The molecule has 0 heterocycles. The number of carbonyl (C=O) groups excluding carboxylic acids is 1. The first-order valence-electron chi connectivity index (χ1n) is 7.61. The van der Waals surface area contributed by atoms with Gasteiger partial charge in [-0.1, -0.05) is 0 Å². The van der Waals surface area contributed by atoms with E-state index in [9.17, 15) is 13.2 Å². The SMILES string of the molecule is CCOC(=O)c1cc(S(=O)(=O)NC(C)(C)C)c(OC)cc1OCC. The van der Waals surface area contributed by atoms with Crippen LogP contribution < -0.4 is 14.2 Å². The number of methoxy groups -OCH3 is 1. The van der Waals surface area contributed by atoms with Crippen molar-refractivity contribution in [3.63, 3.8) is 0 Å². The molecule has 0 unspecified atom stereocenters. The maximum Gasteiger partial charge on any atom is 0.341 e. The van der Waals surface area contributed by atoms with Gasteiger partial charge < -0.3 is 14.2 Å². The van der Waals surface area contributed by atoms with Crippen molar-refractivity contribution in [1.82, 2.24) is 4.72 Å². The fourth-order valence-electron chi connectivity index (χ4n) is 2.01. The number of sulfonamides is 1. The Morgan fingerprint density at radius 1 is 1.12 bits per heavy atom. The molecule has 0 saturated heterocycles. The predicted octanol–water partition coefficient (Wildman–Crippen LogP) is 2.35. The molecule has 0 aliphatic heterocycles. The topological polar surface area (TPSA) is 90.9 Å². The largest absolute Gasteiger partial charge is 0.495 e. The van der Waals surface area contributed by atoms with E-state index >= 15 is 0 Å². The van der Waals surface area contributed by atoms with Crippen molar-refractivity contribution >= 4 is 16.0 Å². The number of hydrogen-bond donors (Lipinski definition) is 1. The third kappa shape index (κ3) is 5.10. The highest BCUT2D eigenvalue weighted by atomic mass is 32.2. The number of carbonyl (C=O) groups is 1. The fraction of sp³-hybridized carbons (Fsp3) is 0.562. The van der Waals surface area contributed by atoms with Gasteiger partial charge in [-0.25, -0.2) is 17.9 Å². The second-order valence-corrected chi connectivity index (χ2v) is 7.66. The molecule has 1 N–H and O–H groups in total. The Morgan fingerprint density at radius 2 is 1.75 bits per heavy atom. The highest BCUT2D eigenvalue weighted by Gasteiger charge is 2.28. The maximum absolute atomic E-state index is 12.6. The Kier molecular flexibility index (Phi) is 6.62. The van der Waals surface area contributed by atoms with Crippen LogP contribution in [0.3, 0.4) is 0 Å². The van der Waals surface area contributed by atoms with Gasteiger partial charge in [0.1, 0.15) is 22.0 Å². The summed E-state index contributed by atoms with van der Waals surface area (Å²) in [6, 6.07) is 2.60. The van der Waals surface area contributed by atoms with E-state index in [-0.39, 0.29) is 28.6 Å². The summed E-state index contributed by atoms with van der Waals surface area (Å²) in [4.78, 5) is 12.0. The van der Waals surface area contributed by atoms with Crippen molar-refractivity contribution in [1.29, 1.82) is 0 Å². The third-order valence-corrected chi connectivity index (χ3v) is 4.57. The van der Waals surface area contributed by atoms with Crippen LogP contribution in [0.5, 0.6) is 11.5 Å². The average Bonchev–Trinajstić information content (AvgIpc) is 2.44. The van der Waals surface area contributed by atoms with Gasteiger partial charge in [-0.05, 0) is 40.7 Å². The zero-order chi connectivity index (χ0) is 18.5. The van der Waals surface area contributed by atoms with Gasteiger partial charge >= 0.3 is 5.97 Å². The molecule has 24 heavy (non-hydrogen) atoms. The number of esters is 1. The normalized spacial score (nSPS) is 11.9. The first-order chi connectivity index (χ1) is 11.1. The zero-order valence-corrected chi connectivity index (χ0v) is 15.7. The molecule has 0 aliphatic rings. The summed E-state index contributed by atoms with van der Waals surface area (Å²) >= 11 is 0. The van der Waals surface area contributed by atoms with Gasteiger partial charge in [0, 0.05) is 11.6 Å². The van der Waals surface area contributed by atoms with E-state index in [0.717, 1.165) is 0 Å². The summed E-state index contributed by atoms with van der Waals surface area (Å²) in [6.07, 6.45) is 0. The first kappa shape index (κ1) is 20.2. The molecule has 1 aromatic carbocycles. The molecule has 0 aromatic heterocycles. The van der Waals surface area contributed by atoms with Gasteiger partial charge in [0.25, 0.3) is 0 Å². The summed E-state index contributed by atoms with van der Waals surface area (Å²) in [5.41, 5.74) is -0.652. The van der Waals surface area contributed by atoms with Crippen molar-refractivity contribution in [3.8, 4) is 11.5 Å². The number of nitrogens with one attached hydrogen (secondary N) is 1. The number of rotatable bonds is 7. The molecular weight excluding hydrogens is 334 g/mol. The lowest BCUT2D eigenvalue weighted by Crippen LogP contribution is -2.40. The Balaban J connectivity index is 3.54. The quantitative estimate of drug-likeness (QED) is 0.752. The number of ether oxygens (including phenoxy) is 3. The smallest absolute Gasteiger partial charge is 0.341 e. The standard InChI is InChI=1S/C16H25NO6S/c1-7-22-12-10-13(21-6)14(9-11(12)15(18)23-8-2)24(19,20)17-16(3,4)5/h9-10,17H,7-8H2,1-6H3. The van der Waals surface area contributed by atoms with Crippen LogP contribution in [0.1, 0.15) is 45.0 Å². The fourth-order valence-corrected chi connectivity index (χ4v) is 3.61. The Labute approximate surface area is 143 Å². The highest BCUT2D eigenvalue weighted by molar-refractivity contribution is 7.89. The lowest BCUT2D eigenvalue weighted by atomic mass is 10.1. The van der Waals surface area contributed by atoms with Gasteiger partial charge in [0.15, 0.2) is 0 Å². The first-order valence-corrected chi connectivity index (χ1v) is 9.10. The van der Waals surface area contributed by atoms with Crippen LogP contribution in [-0.2, 0) is 14.8 Å². The molecule has 1 rings (SSSR count). The van der Waals surface area contributed by atoms with Crippen LogP contribution >= 0.6 is 0 Å². The Morgan fingerprint density at radius 3 is 2.21 bits per heavy atom. The van der Waals surface area contributed by atoms with Crippen LogP contribution in [0.25, 0.3) is 0 Å². The minimum atomic E-state index is -3.90. The average molecular weight is 359 g/mol. The zero-order valence-electron chi connectivity index (χ0n) is 14.9. The van der Waals surface area contributed by atoms with E-state index in [1.54, 1.807) is 34.6 Å². The van der Waals surface area contributed by atoms with E-state index in [4.69, 9.17) is 14.2 Å². The molecule has 0 amide bonds.